The molecule has 2 aromatic heterocycles. The maximum Gasteiger partial charge on any atom is 0.264 e. The third kappa shape index (κ3) is 3.54. The molecule has 3 heterocycles. The number of aromatic amines is 1. The molecule has 0 bridgehead atoms. The second-order valence-corrected chi connectivity index (χ2v) is 6.92. The summed E-state index contributed by atoms with van der Waals surface area (Å²) >= 11 is 0. The molecule has 9 heteroatoms. The number of H-pyrrole nitrogens is 1. The minimum atomic E-state index is -0.309. The van der Waals surface area contributed by atoms with E-state index >= 15 is 0 Å². The highest BCUT2D eigenvalue weighted by atomic mass is 16.5. The van der Waals surface area contributed by atoms with Gasteiger partial charge in [0, 0.05) is 24.0 Å². The third-order valence-electron chi connectivity index (χ3n) is 4.95. The zero-order valence-electron chi connectivity index (χ0n) is 17.1. The van der Waals surface area contributed by atoms with Crippen molar-refractivity contribution in [1.82, 2.24) is 20.0 Å². The Bertz CT molecular complexity index is 1130. The first-order valence-corrected chi connectivity index (χ1v) is 9.86. The zero-order valence-corrected chi connectivity index (χ0v) is 17.1. The summed E-state index contributed by atoms with van der Waals surface area (Å²) in [6.45, 7) is 6.77. The fraction of sp³-hybridized carbons (Fsp3) is 0.333. The van der Waals surface area contributed by atoms with Crippen molar-refractivity contribution in [3.05, 3.63) is 57.5 Å². The van der Waals surface area contributed by atoms with Gasteiger partial charge >= 0.3 is 0 Å². The second kappa shape index (κ2) is 8.02. The van der Waals surface area contributed by atoms with Gasteiger partial charge in [0.2, 0.25) is 5.91 Å². The van der Waals surface area contributed by atoms with Crippen LogP contribution in [-0.4, -0.2) is 39.1 Å². The third-order valence-corrected chi connectivity index (χ3v) is 4.95. The Morgan fingerprint density at radius 1 is 1.10 bits per heavy atom. The first-order valence-electron chi connectivity index (χ1n) is 9.86. The van der Waals surface area contributed by atoms with Gasteiger partial charge in [-0.15, -0.1) is 0 Å². The molecule has 0 saturated heterocycles. The highest BCUT2D eigenvalue weighted by molar-refractivity contribution is 5.95. The number of fused-ring (bicyclic) bond motifs is 1. The van der Waals surface area contributed by atoms with Gasteiger partial charge in [0.1, 0.15) is 5.82 Å². The van der Waals surface area contributed by atoms with Crippen molar-refractivity contribution in [3.8, 4) is 17.3 Å². The molecular weight excluding hydrogens is 386 g/mol. The predicted molar refractivity (Wildman–Crippen MR) is 111 cm³/mol. The zero-order chi connectivity index (χ0) is 21.3. The molecule has 0 aliphatic carbocycles. The van der Waals surface area contributed by atoms with Crippen molar-refractivity contribution >= 4 is 11.7 Å². The number of amides is 1. The molecule has 1 aromatic carbocycles. The second-order valence-electron chi connectivity index (χ2n) is 6.92. The van der Waals surface area contributed by atoms with Gasteiger partial charge in [0.25, 0.3) is 5.56 Å². The molecule has 0 unspecified atom stereocenters. The molecule has 3 aromatic rings. The maximum absolute atomic E-state index is 12.6. The number of benzene rings is 1. The first-order chi connectivity index (χ1) is 14.5. The van der Waals surface area contributed by atoms with E-state index < -0.39 is 0 Å². The van der Waals surface area contributed by atoms with E-state index in [9.17, 15) is 9.59 Å². The van der Waals surface area contributed by atoms with Crippen LogP contribution in [0.1, 0.15) is 43.0 Å². The SMILES string of the molecule is CCOc1ccc([C@H]2CC(=O)Nc3c2c(C)nn3-c2ccc(=O)[nH]n2)cc1OCC. The molecule has 9 nitrogen and oxygen atoms in total. The van der Waals surface area contributed by atoms with Crippen LogP contribution in [0, 0.1) is 6.92 Å². The van der Waals surface area contributed by atoms with Gasteiger partial charge in [0.15, 0.2) is 17.3 Å². The van der Waals surface area contributed by atoms with Crippen LogP contribution in [0.2, 0.25) is 0 Å². The van der Waals surface area contributed by atoms with Crippen molar-refractivity contribution < 1.29 is 14.3 Å². The number of aromatic nitrogens is 4. The number of nitrogens with one attached hydrogen (secondary N) is 2. The number of carbonyl (C=O) groups is 1. The molecule has 30 heavy (non-hydrogen) atoms. The number of rotatable bonds is 6. The fourth-order valence-electron chi connectivity index (χ4n) is 3.74. The number of aryl methyl sites for hydroxylation is 1. The van der Waals surface area contributed by atoms with Crippen LogP contribution in [0.15, 0.2) is 35.1 Å². The highest BCUT2D eigenvalue weighted by Gasteiger charge is 2.33. The maximum atomic E-state index is 12.6. The summed E-state index contributed by atoms with van der Waals surface area (Å²) < 4.78 is 13.0. The van der Waals surface area contributed by atoms with E-state index in [0.717, 1.165) is 16.8 Å². The highest BCUT2D eigenvalue weighted by Crippen LogP contribution is 2.42. The lowest BCUT2D eigenvalue weighted by molar-refractivity contribution is -0.116. The van der Waals surface area contributed by atoms with Crippen LogP contribution in [0.3, 0.4) is 0 Å². The van der Waals surface area contributed by atoms with Gasteiger partial charge in [0.05, 0.1) is 18.9 Å². The standard InChI is InChI=1S/C21H23N5O4/c1-4-29-15-7-6-13(10-16(15)30-5-2)14-11-19(28)22-21-20(14)12(3)25-26(21)17-8-9-18(27)24-23-17/h6-10,14H,4-5,11H2,1-3H3,(H,22,28)(H,24,27)/t14-/m1/s1. The Kier molecular flexibility index (Phi) is 5.26. The summed E-state index contributed by atoms with van der Waals surface area (Å²) in [5.41, 5.74) is 2.32. The lowest BCUT2D eigenvalue weighted by atomic mass is 9.85. The number of anilines is 1. The Morgan fingerprint density at radius 2 is 1.87 bits per heavy atom. The van der Waals surface area contributed by atoms with E-state index in [2.05, 4.69) is 20.6 Å². The molecule has 2 N–H and O–H groups in total. The molecule has 0 fully saturated rings. The van der Waals surface area contributed by atoms with Crippen molar-refractivity contribution in [1.29, 1.82) is 0 Å². The van der Waals surface area contributed by atoms with Crippen LogP contribution in [0.5, 0.6) is 11.5 Å². The van der Waals surface area contributed by atoms with Crippen LogP contribution in [-0.2, 0) is 4.79 Å². The van der Waals surface area contributed by atoms with Crippen LogP contribution in [0.4, 0.5) is 5.82 Å². The summed E-state index contributed by atoms with van der Waals surface area (Å²) in [6, 6.07) is 8.69. The molecule has 1 aliphatic heterocycles. The van der Waals surface area contributed by atoms with E-state index in [4.69, 9.17) is 9.47 Å². The first kappa shape index (κ1) is 19.7. The number of hydrogen-bond acceptors (Lipinski definition) is 6. The molecule has 1 amide bonds. The summed E-state index contributed by atoms with van der Waals surface area (Å²) in [5, 5.41) is 13.9. The predicted octanol–water partition coefficient (Wildman–Crippen LogP) is 2.54. The van der Waals surface area contributed by atoms with Gasteiger partial charge in [-0.05, 0) is 44.5 Å². The fourth-order valence-corrected chi connectivity index (χ4v) is 3.74. The van der Waals surface area contributed by atoms with E-state index in [1.807, 2.05) is 39.0 Å². The average molecular weight is 409 g/mol. The Labute approximate surface area is 173 Å². The van der Waals surface area contributed by atoms with Gasteiger partial charge < -0.3 is 14.8 Å². The smallest absolute Gasteiger partial charge is 0.264 e. The van der Waals surface area contributed by atoms with E-state index in [0.29, 0.717) is 36.3 Å². The molecule has 0 radical (unpaired) electrons. The van der Waals surface area contributed by atoms with Crippen LogP contribution in [0.25, 0.3) is 5.82 Å². The van der Waals surface area contributed by atoms with Gasteiger partial charge in [-0.3, -0.25) is 9.59 Å². The Balaban J connectivity index is 1.81. The molecule has 0 saturated carbocycles. The van der Waals surface area contributed by atoms with E-state index in [1.54, 1.807) is 10.7 Å². The largest absolute Gasteiger partial charge is 0.490 e. The number of hydrogen-bond donors (Lipinski definition) is 2. The molecule has 1 atom stereocenters. The number of ether oxygens (including phenoxy) is 2. The summed E-state index contributed by atoms with van der Waals surface area (Å²) in [5.74, 6) is 1.98. The van der Waals surface area contributed by atoms with Crippen molar-refractivity contribution in [2.24, 2.45) is 0 Å². The average Bonchev–Trinajstić information content (AvgIpc) is 3.06. The number of carbonyl (C=O) groups excluding carboxylic acids is 1. The molecule has 156 valence electrons. The molecule has 4 rings (SSSR count). The molecule has 0 spiro atoms. The molecular formula is C21H23N5O4. The summed E-state index contributed by atoms with van der Waals surface area (Å²) in [7, 11) is 0. The summed E-state index contributed by atoms with van der Waals surface area (Å²) in [4.78, 5) is 23.9. The van der Waals surface area contributed by atoms with Crippen molar-refractivity contribution in [3.63, 3.8) is 0 Å². The monoisotopic (exact) mass is 409 g/mol. The topological polar surface area (TPSA) is 111 Å². The van der Waals surface area contributed by atoms with Gasteiger partial charge in [-0.25, -0.2) is 5.10 Å². The van der Waals surface area contributed by atoms with E-state index in [1.165, 1.54) is 6.07 Å². The minimum absolute atomic E-state index is 0.120. The lowest BCUT2D eigenvalue weighted by Crippen LogP contribution is -2.25. The quantitative estimate of drug-likeness (QED) is 0.647. The Morgan fingerprint density at radius 3 is 2.57 bits per heavy atom. The number of nitrogens with zero attached hydrogens (tertiary/aromatic N) is 3. The Hall–Kier alpha value is -3.62. The summed E-state index contributed by atoms with van der Waals surface area (Å²) in [6.07, 6.45) is 0.290. The normalized spacial score (nSPS) is 15.4. The van der Waals surface area contributed by atoms with Gasteiger partial charge in [-0.1, -0.05) is 6.07 Å². The lowest BCUT2D eigenvalue weighted by Gasteiger charge is -2.25. The van der Waals surface area contributed by atoms with Crippen molar-refractivity contribution in [2.45, 2.75) is 33.1 Å². The van der Waals surface area contributed by atoms with E-state index in [-0.39, 0.29) is 23.8 Å². The molecule has 1 aliphatic rings. The van der Waals surface area contributed by atoms with Crippen LogP contribution >= 0.6 is 0 Å². The van der Waals surface area contributed by atoms with Gasteiger partial charge in [-0.2, -0.15) is 14.9 Å². The van der Waals surface area contributed by atoms with Crippen molar-refractivity contribution in [2.75, 3.05) is 18.5 Å². The minimum Gasteiger partial charge on any atom is -0.490 e. The van der Waals surface area contributed by atoms with Crippen LogP contribution < -0.4 is 20.3 Å².